The molecule has 6 nitrogen and oxygen atoms in total. The first-order valence-corrected chi connectivity index (χ1v) is 8.10. The molecule has 0 spiro atoms. The van der Waals surface area contributed by atoms with E-state index in [9.17, 15) is 14.9 Å². The predicted octanol–water partition coefficient (Wildman–Crippen LogP) is 4.12. The maximum atomic E-state index is 12.5. The predicted molar refractivity (Wildman–Crippen MR) is 95.8 cm³/mol. The van der Waals surface area contributed by atoms with E-state index in [-0.39, 0.29) is 23.2 Å². The second-order valence-corrected chi connectivity index (χ2v) is 6.24. The standard InChI is InChI=1S/C19H22N2O4/c1-13(2)11-18(14-7-9-17(25-3)10-8-14)20-19(22)15-5-4-6-16(12-15)21(23)24/h4-10,12-13,18H,11H2,1-3H3,(H,20,22). The molecule has 0 saturated carbocycles. The second-order valence-electron chi connectivity index (χ2n) is 6.24. The molecule has 2 aromatic carbocycles. The van der Waals surface area contributed by atoms with Crippen LogP contribution in [0.25, 0.3) is 0 Å². The van der Waals surface area contributed by atoms with Gasteiger partial charge in [0.25, 0.3) is 11.6 Å². The number of ether oxygens (including phenoxy) is 1. The summed E-state index contributed by atoms with van der Waals surface area (Å²) in [6.07, 6.45) is 0.757. The number of carbonyl (C=O) groups is 1. The molecule has 0 aliphatic carbocycles. The summed E-state index contributed by atoms with van der Waals surface area (Å²) >= 11 is 0. The Bertz CT molecular complexity index is 741. The number of rotatable bonds is 7. The monoisotopic (exact) mass is 342 g/mol. The fourth-order valence-electron chi connectivity index (χ4n) is 2.59. The maximum absolute atomic E-state index is 12.5. The van der Waals surface area contributed by atoms with Crippen molar-refractivity contribution in [1.82, 2.24) is 5.32 Å². The van der Waals surface area contributed by atoms with Gasteiger partial charge in [0.05, 0.1) is 18.1 Å². The lowest BCUT2D eigenvalue weighted by Crippen LogP contribution is -2.29. The van der Waals surface area contributed by atoms with Crippen molar-refractivity contribution in [3.63, 3.8) is 0 Å². The van der Waals surface area contributed by atoms with Crippen molar-refractivity contribution >= 4 is 11.6 Å². The normalized spacial score (nSPS) is 11.8. The van der Waals surface area contributed by atoms with E-state index >= 15 is 0 Å². The first-order chi connectivity index (χ1) is 11.9. The van der Waals surface area contributed by atoms with Gasteiger partial charge in [-0.25, -0.2) is 0 Å². The lowest BCUT2D eigenvalue weighted by Gasteiger charge is -2.21. The highest BCUT2D eigenvalue weighted by Gasteiger charge is 2.18. The zero-order valence-electron chi connectivity index (χ0n) is 14.6. The highest BCUT2D eigenvalue weighted by atomic mass is 16.6. The van der Waals surface area contributed by atoms with Gasteiger partial charge in [0.1, 0.15) is 5.75 Å². The molecule has 1 atom stereocenters. The average Bonchev–Trinajstić information content (AvgIpc) is 2.61. The van der Waals surface area contributed by atoms with Crippen LogP contribution < -0.4 is 10.1 Å². The second kappa shape index (κ2) is 8.28. The SMILES string of the molecule is COc1ccc(C(CC(C)C)NC(=O)c2cccc([N+](=O)[O-])c2)cc1. The molecule has 1 amide bonds. The summed E-state index contributed by atoms with van der Waals surface area (Å²) in [6, 6.07) is 13.1. The number of nitrogens with zero attached hydrogens (tertiary/aromatic N) is 1. The van der Waals surface area contributed by atoms with Gasteiger partial charge in [-0.05, 0) is 36.1 Å². The van der Waals surface area contributed by atoms with Crippen molar-refractivity contribution in [2.75, 3.05) is 7.11 Å². The molecule has 2 aromatic rings. The molecule has 0 fully saturated rings. The van der Waals surface area contributed by atoms with Gasteiger partial charge in [-0.1, -0.05) is 32.0 Å². The summed E-state index contributed by atoms with van der Waals surface area (Å²) < 4.78 is 5.16. The fraction of sp³-hybridized carbons (Fsp3) is 0.316. The summed E-state index contributed by atoms with van der Waals surface area (Å²) in [5.74, 6) is 0.791. The molecule has 132 valence electrons. The van der Waals surface area contributed by atoms with Gasteiger partial charge in [0, 0.05) is 17.7 Å². The third-order valence-electron chi connectivity index (χ3n) is 3.85. The van der Waals surface area contributed by atoms with Crippen LogP contribution >= 0.6 is 0 Å². The van der Waals surface area contributed by atoms with Crippen LogP contribution in [0.5, 0.6) is 5.75 Å². The van der Waals surface area contributed by atoms with Gasteiger partial charge in [0.15, 0.2) is 0 Å². The third kappa shape index (κ3) is 5.04. The average molecular weight is 342 g/mol. The minimum atomic E-state index is -0.508. The Hall–Kier alpha value is -2.89. The van der Waals surface area contributed by atoms with Crippen LogP contribution in [0.1, 0.15) is 42.2 Å². The summed E-state index contributed by atoms with van der Waals surface area (Å²) in [6.45, 7) is 4.16. The zero-order valence-corrected chi connectivity index (χ0v) is 14.6. The first kappa shape index (κ1) is 18.4. The lowest BCUT2D eigenvalue weighted by atomic mass is 9.96. The number of carbonyl (C=O) groups excluding carboxylic acids is 1. The number of hydrogen-bond acceptors (Lipinski definition) is 4. The Morgan fingerprint density at radius 1 is 1.20 bits per heavy atom. The van der Waals surface area contributed by atoms with Crippen LogP contribution in [0.4, 0.5) is 5.69 Å². The van der Waals surface area contributed by atoms with E-state index in [1.807, 2.05) is 24.3 Å². The van der Waals surface area contributed by atoms with Crippen molar-refractivity contribution in [1.29, 1.82) is 0 Å². The molecule has 1 N–H and O–H groups in total. The molecule has 0 saturated heterocycles. The smallest absolute Gasteiger partial charge is 0.270 e. The van der Waals surface area contributed by atoms with Gasteiger partial charge in [-0.15, -0.1) is 0 Å². The molecule has 0 heterocycles. The van der Waals surface area contributed by atoms with E-state index in [2.05, 4.69) is 19.2 Å². The maximum Gasteiger partial charge on any atom is 0.270 e. The Kier molecular flexibility index (Phi) is 6.11. The molecule has 0 bridgehead atoms. The van der Waals surface area contributed by atoms with Crippen molar-refractivity contribution in [2.24, 2.45) is 5.92 Å². The van der Waals surface area contributed by atoms with Crippen molar-refractivity contribution in [3.05, 3.63) is 69.8 Å². The number of methoxy groups -OCH3 is 1. The van der Waals surface area contributed by atoms with E-state index < -0.39 is 4.92 Å². The number of nitrogens with one attached hydrogen (secondary N) is 1. The van der Waals surface area contributed by atoms with Gasteiger partial charge in [0.2, 0.25) is 0 Å². The number of amides is 1. The molecule has 1 unspecified atom stereocenters. The van der Waals surface area contributed by atoms with E-state index in [0.29, 0.717) is 5.92 Å². The third-order valence-corrected chi connectivity index (χ3v) is 3.85. The van der Waals surface area contributed by atoms with Crippen molar-refractivity contribution in [3.8, 4) is 5.75 Å². The van der Waals surface area contributed by atoms with Crippen LogP contribution in [-0.4, -0.2) is 17.9 Å². The van der Waals surface area contributed by atoms with Crippen LogP contribution in [0.15, 0.2) is 48.5 Å². The Balaban J connectivity index is 2.22. The van der Waals surface area contributed by atoms with Crippen molar-refractivity contribution in [2.45, 2.75) is 26.3 Å². The number of non-ortho nitro benzene ring substituents is 1. The van der Waals surface area contributed by atoms with E-state index in [1.165, 1.54) is 18.2 Å². The molecular weight excluding hydrogens is 320 g/mol. The quantitative estimate of drug-likeness (QED) is 0.606. The van der Waals surface area contributed by atoms with Crippen LogP contribution in [-0.2, 0) is 0 Å². The summed E-state index contributed by atoms with van der Waals surface area (Å²) in [5, 5.41) is 13.9. The Morgan fingerprint density at radius 2 is 1.88 bits per heavy atom. The van der Waals surface area contributed by atoms with Crippen LogP contribution in [0.3, 0.4) is 0 Å². The molecule has 25 heavy (non-hydrogen) atoms. The Morgan fingerprint density at radius 3 is 2.44 bits per heavy atom. The number of nitro benzene ring substituents is 1. The van der Waals surface area contributed by atoms with Crippen LogP contribution in [0.2, 0.25) is 0 Å². The largest absolute Gasteiger partial charge is 0.497 e. The minimum absolute atomic E-state index is 0.0995. The molecule has 0 aromatic heterocycles. The summed E-state index contributed by atoms with van der Waals surface area (Å²) in [5.41, 5.74) is 1.14. The summed E-state index contributed by atoms with van der Waals surface area (Å²) in [7, 11) is 1.60. The van der Waals surface area contributed by atoms with Gasteiger partial charge < -0.3 is 10.1 Å². The molecule has 0 aliphatic heterocycles. The molecule has 0 radical (unpaired) electrons. The van der Waals surface area contributed by atoms with Crippen LogP contribution in [0, 0.1) is 16.0 Å². The van der Waals surface area contributed by atoms with E-state index in [1.54, 1.807) is 13.2 Å². The minimum Gasteiger partial charge on any atom is -0.497 e. The highest BCUT2D eigenvalue weighted by molar-refractivity contribution is 5.95. The van der Waals surface area contributed by atoms with E-state index in [4.69, 9.17) is 4.74 Å². The summed E-state index contributed by atoms with van der Waals surface area (Å²) in [4.78, 5) is 22.9. The first-order valence-electron chi connectivity index (χ1n) is 8.10. The van der Waals surface area contributed by atoms with Gasteiger partial charge in [-0.3, -0.25) is 14.9 Å². The fourth-order valence-corrected chi connectivity index (χ4v) is 2.59. The topological polar surface area (TPSA) is 81.5 Å². The lowest BCUT2D eigenvalue weighted by molar-refractivity contribution is -0.384. The van der Waals surface area contributed by atoms with Crippen molar-refractivity contribution < 1.29 is 14.5 Å². The number of hydrogen-bond donors (Lipinski definition) is 1. The van der Waals surface area contributed by atoms with E-state index in [0.717, 1.165) is 17.7 Å². The highest BCUT2D eigenvalue weighted by Crippen LogP contribution is 2.24. The van der Waals surface area contributed by atoms with Gasteiger partial charge in [-0.2, -0.15) is 0 Å². The number of nitro groups is 1. The number of benzene rings is 2. The molecule has 0 aliphatic rings. The molecular formula is C19H22N2O4. The Labute approximate surface area is 147 Å². The molecule has 2 rings (SSSR count). The molecule has 6 heteroatoms. The zero-order chi connectivity index (χ0) is 18.4. The van der Waals surface area contributed by atoms with Gasteiger partial charge >= 0.3 is 0 Å².